The van der Waals surface area contributed by atoms with Gasteiger partial charge in [-0.1, -0.05) is 23.8 Å². The molecule has 1 saturated heterocycles. The maximum Gasteiger partial charge on any atom is 0.144 e. The van der Waals surface area contributed by atoms with Crippen LogP contribution in [0.5, 0.6) is 5.75 Å². The van der Waals surface area contributed by atoms with E-state index in [1.54, 1.807) is 0 Å². The summed E-state index contributed by atoms with van der Waals surface area (Å²) in [5.74, 6) is 0.372. The van der Waals surface area contributed by atoms with Crippen molar-refractivity contribution in [3.8, 4) is 5.75 Å². The van der Waals surface area contributed by atoms with Crippen molar-refractivity contribution in [2.75, 3.05) is 11.4 Å². The van der Waals surface area contributed by atoms with Gasteiger partial charge in [-0.15, -0.1) is 0 Å². The number of benzene rings is 1. The summed E-state index contributed by atoms with van der Waals surface area (Å²) < 4.78 is 0. The van der Waals surface area contributed by atoms with Crippen molar-refractivity contribution in [1.29, 1.82) is 0 Å². The number of nitrogens with zero attached hydrogens (tertiary/aromatic N) is 1. The molecule has 2 aliphatic rings. The van der Waals surface area contributed by atoms with E-state index in [1.807, 2.05) is 20.0 Å². The zero-order valence-electron chi connectivity index (χ0n) is 7.79. The van der Waals surface area contributed by atoms with Crippen LogP contribution in [0.3, 0.4) is 0 Å². The van der Waals surface area contributed by atoms with E-state index >= 15 is 0 Å². The molecule has 0 spiro atoms. The van der Waals surface area contributed by atoms with Gasteiger partial charge in [-0.25, -0.2) is 0 Å². The highest BCUT2D eigenvalue weighted by Crippen LogP contribution is 2.44. The fourth-order valence-corrected chi connectivity index (χ4v) is 2.31. The van der Waals surface area contributed by atoms with Gasteiger partial charge in [0.15, 0.2) is 0 Å². The first-order valence-electron chi connectivity index (χ1n) is 4.65. The van der Waals surface area contributed by atoms with Crippen LogP contribution >= 0.6 is 11.6 Å². The summed E-state index contributed by atoms with van der Waals surface area (Å²) in [5.41, 5.74) is 2.70. The molecule has 1 aromatic rings. The number of anilines is 1. The SMILES string of the molecule is Bc1cc(Cl)c2c(c1O)N1CC1C=C2. The van der Waals surface area contributed by atoms with E-state index in [1.165, 1.54) is 0 Å². The Morgan fingerprint density at radius 1 is 1.57 bits per heavy atom. The van der Waals surface area contributed by atoms with Crippen LogP contribution in [-0.4, -0.2) is 25.5 Å². The van der Waals surface area contributed by atoms with Crippen LogP contribution in [0.4, 0.5) is 5.69 Å². The smallest absolute Gasteiger partial charge is 0.144 e. The average molecular weight is 205 g/mol. The maximum atomic E-state index is 9.93. The number of rotatable bonds is 0. The molecule has 1 N–H and O–H groups in total. The first-order valence-corrected chi connectivity index (χ1v) is 5.03. The van der Waals surface area contributed by atoms with Crippen LogP contribution in [0.2, 0.25) is 5.02 Å². The van der Waals surface area contributed by atoms with Crippen molar-refractivity contribution >= 4 is 36.7 Å². The predicted octanol–water partition coefficient (Wildman–Crippen LogP) is 0.519. The third-order valence-corrected chi connectivity index (χ3v) is 3.19. The summed E-state index contributed by atoms with van der Waals surface area (Å²) in [7, 11) is 1.87. The number of phenols is 1. The first kappa shape index (κ1) is 8.24. The van der Waals surface area contributed by atoms with Crippen molar-refractivity contribution in [2.24, 2.45) is 0 Å². The Morgan fingerprint density at radius 2 is 2.36 bits per heavy atom. The van der Waals surface area contributed by atoms with Gasteiger partial charge in [-0.3, -0.25) is 0 Å². The summed E-state index contributed by atoms with van der Waals surface area (Å²) in [6, 6.07) is 2.29. The lowest BCUT2D eigenvalue weighted by atomic mass is 9.91. The molecule has 70 valence electrons. The minimum atomic E-state index is 0.372. The lowest BCUT2D eigenvalue weighted by molar-refractivity contribution is 0.480. The van der Waals surface area contributed by atoms with Crippen LogP contribution in [0.15, 0.2) is 12.1 Å². The predicted molar refractivity (Wildman–Crippen MR) is 61.5 cm³/mol. The van der Waals surface area contributed by atoms with Gasteiger partial charge >= 0.3 is 0 Å². The standard InChI is InChI=1S/C10H9BClNO/c11-7-3-8(12)6-2-1-5-4-13(5)9(6)10(7)14/h1-3,5,14H,4,11H2. The Kier molecular flexibility index (Phi) is 1.46. The summed E-state index contributed by atoms with van der Waals surface area (Å²) in [6.45, 7) is 0.997. The highest BCUT2D eigenvalue weighted by atomic mass is 35.5. The van der Waals surface area contributed by atoms with Gasteiger partial charge in [0.2, 0.25) is 0 Å². The number of aromatic hydroxyl groups is 1. The highest BCUT2D eigenvalue weighted by Gasteiger charge is 2.38. The fourth-order valence-electron chi connectivity index (χ4n) is 2.00. The van der Waals surface area contributed by atoms with E-state index in [2.05, 4.69) is 11.0 Å². The molecule has 1 atom stereocenters. The molecule has 1 unspecified atom stereocenters. The summed E-state index contributed by atoms with van der Waals surface area (Å²) in [6.07, 6.45) is 4.13. The molecule has 3 rings (SSSR count). The van der Waals surface area contributed by atoms with Crippen molar-refractivity contribution in [3.63, 3.8) is 0 Å². The van der Waals surface area contributed by atoms with Gasteiger partial charge in [-0.2, -0.15) is 0 Å². The molecule has 0 saturated carbocycles. The second-order valence-corrected chi connectivity index (χ2v) is 4.27. The minimum absolute atomic E-state index is 0.372. The van der Waals surface area contributed by atoms with Gasteiger partial charge in [0, 0.05) is 17.1 Å². The van der Waals surface area contributed by atoms with Crippen molar-refractivity contribution in [2.45, 2.75) is 6.04 Å². The fraction of sp³-hybridized carbons (Fsp3) is 0.200. The Hall–Kier alpha value is -1.09. The van der Waals surface area contributed by atoms with E-state index < -0.39 is 0 Å². The Labute approximate surface area is 88.2 Å². The van der Waals surface area contributed by atoms with Crippen LogP contribution < -0.4 is 10.4 Å². The Balaban J connectivity index is 2.33. The lowest BCUT2D eigenvalue weighted by Gasteiger charge is -2.17. The second kappa shape index (κ2) is 2.48. The molecule has 0 bridgehead atoms. The number of fused-ring (bicyclic) bond motifs is 3. The third-order valence-electron chi connectivity index (χ3n) is 2.88. The van der Waals surface area contributed by atoms with E-state index in [9.17, 15) is 5.11 Å². The molecular weight excluding hydrogens is 196 g/mol. The zero-order chi connectivity index (χ0) is 9.87. The van der Waals surface area contributed by atoms with E-state index in [0.29, 0.717) is 11.8 Å². The monoisotopic (exact) mass is 205 g/mol. The summed E-state index contributed by atoms with van der Waals surface area (Å²) in [5, 5.41) is 10.7. The molecule has 2 nitrogen and oxygen atoms in total. The molecule has 0 amide bonds. The molecule has 2 heterocycles. The second-order valence-electron chi connectivity index (χ2n) is 3.87. The first-order chi connectivity index (χ1) is 6.68. The van der Waals surface area contributed by atoms with E-state index in [-0.39, 0.29) is 0 Å². The van der Waals surface area contributed by atoms with Crippen molar-refractivity contribution in [1.82, 2.24) is 0 Å². The quantitative estimate of drug-likeness (QED) is 0.493. The van der Waals surface area contributed by atoms with Gasteiger partial charge < -0.3 is 10.0 Å². The van der Waals surface area contributed by atoms with Crippen LogP contribution in [0, 0.1) is 0 Å². The topological polar surface area (TPSA) is 23.2 Å². The molecule has 2 aliphatic heterocycles. The number of hydrogen-bond acceptors (Lipinski definition) is 2. The number of halogens is 1. The van der Waals surface area contributed by atoms with Crippen molar-refractivity contribution in [3.05, 3.63) is 22.7 Å². The lowest BCUT2D eigenvalue weighted by Crippen LogP contribution is -2.11. The van der Waals surface area contributed by atoms with Gasteiger partial charge in [0.25, 0.3) is 0 Å². The molecule has 1 aromatic carbocycles. The molecule has 0 aliphatic carbocycles. The zero-order valence-corrected chi connectivity index (χ0v) is 8.54. The van der Waals surface area contributed by atoms with Gasteiger partial charge in [0.1, 0.15) is 13.6 Å². The molecular formula is C10H9BClNO. The average Bonchev–Trinajstić information content (AvgIpc) is 2.91. The summed E-state index contributed by atoms with van der Waals surface area (Å²) >= 11 is 6.11. The maximum absolute atomic E-state index is 9.93. The largest absolute Gasteiger partial charge is 0.506 e. The Bertz CT molecular complexity index is 458. The molecule has 4 heteroatoms. The van der Waals surface area contributed by atoms with Crippen LogP contribution in [-0.2, 0) is 0 Å². The van der Waals surface area contributed by atoms with Crippen LogP contribution in [0.1, 0.15) is 5.56 Å². The van der Waals surface area contributed by atoms with Crippen molar-refractivity contribution < 1.29 is 5.11 Å². The van der Waals surface area contributed by atoms with E-state index in [0.717, 1.165) is 28.3 Å². The molecule has 14 heavy (non-hydrogen) atoms. The Morgan fingerprint density at radius 3 is 3.14 bits per heavy atom. The summed E-state index contributed by atoms with van der Waals surface area (Å²) in [4.78, 5) is 2.16. The molecule has 0 radical (unpaired) electrons. The number of hydrogen-bond donors (Lipinski definition) is 1. The van der Waals surface area contributed by atoms with Crippen LogP contribution in [0.25, 0.3) is 6.08 Å². The van der Waals surface area contributed by atoms with Gasteiger partial charge in [-0.05, 0) is 11.5 Å². The van der Waals surface area contributed by atoms with E-state index in [4.69, 9.17) is 11.6 Å². The van der Waals surface area contributed by atoms with Gasteiger partial charge in [0.05, 0.1) is 11.7 Å². The minimum Gasteiger partial charge on any atom is -0.506 e. The highest BCUT2D eigenvalue weighted by molar-refractivity contribution is 6.39. The molecule has 1 fully saturated rings. The third kappa shape index (κ3) is 0.933. The number of phenolic OH excluding ortho intramolecular Hbond substituents is 1. The normalized spacial score (nSPS) is 21.8. The molecule has 0 aromatic heterocycles.